The zero-order chi connectivity index (χ0) is 32.2. The van der Waals surface area contributed by atoms with Crippen molar-refractivity contribution in [2.45, 2.75) is 54.9 Å². The van der Waals surface area contributed by atoms with Gasteiger partial charge in [0.2, 0.25) is 5.75 Å². The Morgan fingerprint density at radius 3 is 1.98 bits per heavy atom. The molecule has 0 saturated carbocycles. The maximum Gasteiger partial charge on any atom is 0.200 e. The number of aliphatic hydroxyl groups is 7. The van der Waals surface area contributed by atoms with Crippen molar-refractivity contribution in [2.75, 3.05) is 27.4 Å². The van der Waals surface area contributed by atoms with Crippen LogP contribution >= 0.6 is 0 Å². The van der Waals surface area contributed by atoms with Gasteiger partial charge in [-0.1, -0.05) is 0 Å². The Hall–Kier alpha value is -3.71. The third-order valence-corrected chi connectivity index (χ3v) is 7.92. The second-order valence-corrected chi connectivity index (χ2v) is 10.5. The van der Waals surface area contributed by atoms with Crippen molar-refractivity contribution in [3.63, 3.8) is 0 Å². The van der Waals surface area contributed by atoms with Gasteiger partial charge in [0.25, 0.3) is 0 Å². The summed E-state index contributed by atoms with van der Waals surface area (Å²) in [6.45, 7) is -1.39. The molecule has 2 fully saturated rings. The first kappa shape index (κ1) is 31.7. The van der Waals surface area contributed by atoms with E-state index < -0.39 is 107 Å². The Morgan fingerprint density at radius 2 is 1.39 bits per heavy atom. The van der Waals surface area contributed by atoms with E-state index in [1.54, 1.807) is 0 Å². The van der Waals surface area contributed by atoms with Crippen LogP contribution in [0.25, 0.3) is 22.3 Å². The number of rotatable bonds is 6. The summed E-state index contributed by atoms with van der Waals surface area (Å²) in [4.78, 5) is 13.6. The van der Waals surface area contributed by atoms with Crippen LogP contribution in [0.5, 0.6) is 28.7 Å². The van der Waals surface area contributed by atoms with Crippen molar-refractivity contribution in [3.8, 4) is 40.1 Å². The third-order valence-electron chi connectivity index (χ3n) is 7.92. The van der Waals surface area contributed by atoms with Crippen LogP contribution in [0.15, 0.2) is 27.4 Å². The van der Waals surface area contributed by atoms with E-state index in [9.17, 15) is 55.9 Å². The highest BCUT2D eigenvalue weighted by molar-refractivity contribution is 5.92. The first-order chi connectivity index (χ1) is 20.9. The lowest BCUT2D eigenvalue weighted by Gasteiger charge is -2.41. The van der Waals surface area contributed by atoms with Crippen LogP contribution in [0.3, 0.4) is 0 Å². The van der Waals surface area contributed by atoms with E-state index in [-0.39, 0.29) is 28.6 Å². The molecule has 0 bridgehead atoms. The van der Waals surface area contributed by atoms with E-state index in [0.717, 1.165) is 6.07 Å². The predicted molar refractivity (Wildman–Crippen MR) is 145 cm³/mol. The Bertz CT molecular complexity index is 1580. The van der Waals surface area contributed by atoms with Crippen molar-refractivity contribution in [1.82, 2.24) is 0 Å². The largest absolute Gasteiger partial charge is 0.507 e. The van der Waals surface area contributed by atoms with Crippen molar-refractivity contribution in [3.05, 3.63) is 39.5 Å². The van der Waals surface area contributed by atoms with E-state index in [1.807, 2.05) is 0 Å². The first-order valence-electron chi connectivity index (χ1n) is 13.3. The van der Waals surface area contributed by atoms with Crippen LogP contribution in [0.1, 0.15) is 23.3 Å². The highest BCUT2D eigenvalue weighted by Gasteiger charge is 2.48. The summed E-state index contributed by atoms with van der Waals surface area (Å²) in [5.41, 5.74) is -2.55. The number of aromatic hydroxyl groups is 3. The van der Waals surface area contributed by atoms with E-state index in [2.05, 4.69) is 0 Å². The van der Waals surface area contributed by atoms with Crippen LogP contribution in [0.2, 0.25) is 0 Å². The van der Waals surface area contributed by atoms with Crippen molar-refractivity contribution in [2.24, 2.45) is 0 Å². The minimum atomic E-state index is -2.01. The fourth-order valence-corrected chi connectivity index (χ4v) is 5.52. The minimum absolute atomic E-state index is 0.0610. The van der Waals surface area contributed by atoms with Gasteiger partial charge in [0.05, 0.1) is 38.6 Å². The van der Waals surface area contributed by atoms with Gasteiger partial charge in [-0.05, 0) is 12.1 Å². The number of methoxy groups -OCH3 is 2. The standard InChI is InChI=1S/C28H32O16/c1-40-12-3-8(4-13(41-2)19(12)33)11-5-9(30)15-21(35)16(28-25(39)23(37)20(34)14(6-29)44-28)22(36)17(26(15)43-11)27-24(38)18(32)10(31)7-42-27/h3-5,10,14,18,20,23-25,27-29,31-39H,6-7H2,1-2H3/t10-,14+,18-,20+,23-,24+,25+,27-,28-/m0/s1. The summed E-state index contributed by atoms with van der Waals surface area (Å²) < 4.78 is 27.4. The van der Waals surface area contributed by atoms with E-state index in [0.29, 0.717) is 0 Å². The molecule has 0 unspecified atom stereocenters. The Morgan fingerprint density at radius 1 is 0.773 bits per heavy atom. The smallest absolute Gasteiger partial charge is 0.200 e. The third kappa shape index (κ3) is 4.99. The molecule has 16 nitrogen and oxygen atoms in total. The lowest BCUT2D eigenvalue weighted by molar-refractivity contribution is -0.232. The molecule has 16 heteroatoms. The van der Waals surface area contributed by atoms with Gasteiger partial charge in [0.1, 0.15) is 77.6 Å². The van der Waals surface area contributed by atoms with Crippen molar-refractivity contribution >= 4 is 11.0 Å². The fourth-order valence-electron chi connectivity index (χ4n) is 5.52. The molecular weight excluding hydrogens is 592 g/mol. The second kappa shape index (κ2) is 12.0. The highest BCUT2D eigenvalue weighted by atomic mass is 16.5. The summed E-state index contributed by atoms with van der Waals surface area (Å²) in [6, 6.07) is 3.55. The molecule has 240 valence electrons. The number of phenolic OH excluding ortho intramolecular Hbond substituents is 3. The number of fused-ring (bicyclic) bond motifs is 1. The van der Waals surface area contributed by atoms with Gasteiger partial charge in [-0.2, -0.15) is 0 Å². The number of hydrogen-bond acceptors (Lipinski definition) is 16. The number of aliphatic hydroxyl groups excluding tert-OH is 7. The lowest BCUT2D eigenvalue weighted by atomic mass is 9.85. The van der Waals surface area contributed by atoms with Gasteiger partial charge < -0.3 is 74.4 Å². The highest BCUT2D eigenvalue weighted by Crippen LogP contribution is 2.51. The van der Waals surface area contributed by atoms with Gasteiger partial charge in [-0.25, -0.2) is 0 Å². The first-order valence-corrected chi connectivity index (χ1v) is 13.3. The SMILES string of the molecule is COc1cc(-c2cc(=O)c3c(O)c([C@@H]4O[C@H](CO)[C@@H](O)[C@H](O)[C@H]4O)c(O)c([C@@H]4OC[C@H](O)[C@H](O)[C@H]4O)c3o2)cc(OC)c1O. The summed E-state index contributed by atoms with van der Waals surface area (Å²) >= 11 is 0. The Labute approximate surface area is 247 Å². The summed E-state index contributed by atoms with van der Waals surface area (Å²) in [5, 5.41) is 105. The number of hydrogen-bond donors (Lipinski definition) is 10. The van der Waals surface area contributed by atoms with Gasteiger partial charge in [0, 0.05) is 11.6 Å². The molecular formula is C28H32O16. The Balaban J connectivity index is 1.82. The molecule has 0 radical (unpaired) electrons. The molecule has 0 amide bonds. The summed E-state index contributed by atoms with van der Waals surface area (Å²) in [6.07, 6.45) is -16.0. The topological polar surface area (TPSA) is 269 Å². The van der Waals surface area contributed by atoms with E-state index in [1.165, 1.54) is 26.4 Å². The zero-order valence-electron chi connectivity index (χ0n) is 23.3. The monoisotopic (exact) mass is 624 g/mol. The van der Waals surface area contributed by atoms with E-state index in [4.69, 9.17) is 23.4 Å². The molecule has 10 N–H and O–H groups in total. The fraction of sp³-hybridized carbons (Fsp3) is 0.464. The molecule has 2 aliphatic heterocycles. The van der Waals surface area contributed by atoms with Crippen LogP contribution < -0.4 is 14.9 Å². The van der Waals surface area contributed by atoms with Crippen LogP contribution in [0, 0.1) is 0 Å². The van der Waals surface area contributed by atoms with Crippen LogP contribution in [0.4, 0.5) is 0 Å². The molecule has 5 rings (SSSR count). The van der Waals surface area contributed by atoms with E-state index >= 15 is 0 Å². The molecule has 0 aliphatic carbocycles. The van der Waals surface area contributed by atoms with Gasteiger partial charge in [-0.15, -0.1) is 0 Å². The quantitative estimate of drug-likeness (QED) is 0.146. The predicted octanol–water partition coefficient (Wildman–Crippen LogP) is -1.74. The van der Waals surface area contributed by atoms with Crippen LogP contribution in [-0.2, 0) is 9.47 Å². The molecule has 2 saturated heterocycles. The summed E-state index contributed by atoms with van der Waals surface area (Å²) in [7, 11) is 2.54. The molecule has 1 aromatic heterocycles. The number of ether oxygens (including phenoxy) is 4. The minimum Gasteiger partial charge on any atom is -0.507 e. The number of benzene rings is 2. The number of phenols is 3. The lowest BCUT2D eigenvalue weighted by Crippen LogP contribution is -2.55. The average Bonchev–Trinajstić information content (AvgIpc) is 3.00. The molecule has 9 atom stereocenters. The maximum atomic E-state index is 13.6. The van der Waals surface area contributed by atoms with Gasteiger partial charge in [-0.3, -0.25) is 4.79 Å². The molecule has 44 heavy (non-hydrogen) atoms. The molecule has 2 aromatic carbocycles. The normalized spacial score (nSPS) is 30.8. The molecule has 2 aliphatic rings. The second-order valence-electron chi connectivity index (χ2n) is 10.5. The van der Waals surface area contributed by atoms with Crippen molar-refractivity contribution < 1.29 is 74.4 Å². The van der Waals surface area contributed by atoms with Crippen molar-refractivity contribution in [1.29, 1.82) is 0 Å². The molecule has 3 heterocycles. The Kier molecular flexibility index (Phi) is 8.65. The zero-order valence-corrected chi connectivity index (χ0v) is 23.3. The van der Waals surface area contributed by atoms with Crippen LogP contribution in [-0.4, -0.2) is 121 Å². The molecule has 3 aromatic rings. The van der Waals surface area contributed by atoms with Gasteiger partial charge in [0.15, 0.2) is 22.5 Å². The average molecular weight is 625 g/mol. The summed E-state index contributed by atoms with van der Waals surface area (Å²) in [5.74, 6) is -2.62. The van der Waals surface area contributed by atoms with Gasteiger partial charge >= 0.3 is 0 Å². The maximum absolute atomic E-state index is 13.6. The molecule has 0 spiro atoms.